The number of carbonyl (C=O) groups is 3. The van der Waals surface area contributed by atoms with E-state index in [1.54, 1.807) is 17.7 Å². The molecule has 0 aliphatic carbocycles. The van der Waals surface area contributed by atoms with Gasteiger partial charge in [-0.2, -0.15) is 0 Å². The van der Waals surface area contributed by atoms with Gasteiger partial charge in [-0.1, -0.05) is 12.1 Å². The van der Waals surface area contributed by atoms with E-state index in [0.29, 0.717) is 28.2 Å². The summed E-state index contributed by atoms with van der Waals surface area (Å²) in [6.45, 7) is 3.49. The SMILES string of the molecule is COc1ccccc1-c1ncnc2c1ncn2[C@@H]1O[C@H](COC(C)=O)[C@@H](OC(C)=O)[C@H]1OC(C)=O. The maximum atomic E-state index is 11.9. The Morgan fingerprint density at radius 3 is 2.37 bits per heavy atom. The fraction of sp³-hybridized carbons (Fsp3) is 0.391. The second-order valence-electron chi connectivity index (χ2n) is 7.76. The first-order chi connectivity index (χ1) is 16.8. The molecule has 0 unspecified atom stereocenters. The van der Waals surface area contributed by atoms with Gasteiger partial charge in [0, 0.05) is 26.3 Å². The lowest BCUT2D eigenvalue weighted by Gasteiger charge is -2.23. The smallest absolute Gasteiger partial charge is 0.303 e. The summed E-state index contributed by atoms with van der Waals surface area (Å²) in [6, 6.07) is 7.34. The number of hydrogen-bond donors (Lipinski definition) is 0. The first-order valence-electron chi connectivity index (χ1n) is 10.7. The monoisotopic (exact) mass is 484 g/mol. The number of aromatic nitrogens is 4. The highest BCUT2D eigenvalue weighted by Crippen LogP contribution is 2.38. The van der Waals surface area contributed by atoms with Crippen molar-refractivity contribution in [1.29, 1.82) is 0 Å². The lowest BCUT2D eigenvalue weighted by molar-refractivity contribution is -0.166. The fourth-order valence-corrected chi connectivity index (χ4v) is 3.99. The number of methoxy groups -OCH3 is 1. The number of imidazole rings is 1. The predicted octanol–water partition coefficient (Wildman–Crippen LogP) is 1.83. The van der Waals surface area contributed by atoms with E-state index >= 15 is 0 Å². The van der Waals surface area contributed by atoms with Crippen LogP contribution in [0.5, 0.6) is 5.75 Å². The molecule has 3 heterocycles. The lowest BCUT2D eigenvalue weighted by atomic mass is 10.1. The van der Waals surface area contributed by atoms with Crippen molar-refractivity contribution in [1.82, 2.24) is 19.5 Å². The summed E-state index contributed by atoms with van der Waals surface area (Å²) in [5.74, 6) is -1.15. The van der Waals surface area contributed by atoms with Crippen molar-refractivity contribution in [3.63, 3.8) is 0 Å². The van der Waals surface area contributed by atoms with Crippen LogP contribution in [0.25, 0.3) is 22.4 Å². The fourth-order valence-electron chi connectivity index (χ4n) is 3.99. The van der Waals surface area contributed by atoms with Gasteiger partial charge in [0.15, 0.2) is 24.1 Å². The molecule has 0 radical (unpaired) electrons. The molecule has 0 saturated carbocycles. The van der Waals surface area contributed by atoms with Crippen molar-refractivity contribution in [2.45, 2.75) is 45.3 Å². The topological polar surface area (TPSA) is 141 Å². The van der Waals surface area contributed by atoms with E-state index in [0.717, 1.165) is 0 Å². The molecule has 4 rings (SSSR count). The van der Waals surface area contributed by atoms with Crippen LogP contribution in [0.2, 0.25) is 0 Å². The van der Waals surface area contributed by atoms with Crippen LogP contribution in [0.1, 0.15) is 27.0 Å². The number of nitrogens with zero attached hydrogens (tertiary/aromatic N) is 4. The van der Waals surface area contributed by atoms with Gasteiger partial charge in [0.1, 0.15) is 36.0 Å². The molecule has 1 aromatic carbocycles. The number of esters is 3. The molecule has 1 aliphatic heterocycles. The van der Waals surface area contributed by atoms with Crippen LogP contribution in [0, 0.1) is 0 Å². The zero-order chi connectivity index (χ0) is 25.1. The Morgan fingerprint density at radius 1 is 0.971 bits per heavy atom. The Hall–Kier alpha value is -4.06. The van der Waals surface area contributed by atoms with Gasteiger partial charge in [0.2, 0.25) is 0 Å². The first-order valence-corrected chi connectivity index (χ1v) is 10.7. The van der Waals surface area contributed by atoms with Crippen molar-refractivity contribution in [2.75, 3.05) is 13.7 Å². The molecule has 0 bridgehead atoms. The number of carbonyl (C=O) groups excluding carboxylic acids is 3. The van der Waals surface area contributed by atoms with Crippen LogP contribution in [-0.4, -0.2) is 69.5 Å². The third-order valence-electron chi connectivity index (χ3n) is 5.34. The van der Waals surface area contributed by atoms with E-state index in [1.165, 1.54) is 33.4 Å². The van der Waals surface area contributed by atoms with Gasteiger partial charge < -0.3 is 23.7 Å². The summed E-state index contributed by atoms with van der Waals surface area (Å²) in [5, 5.41) is 0. The molecule has 1 saturated heterocycles. The van der Waals surface area contributed by atoms with Gasteiger partial charge in [0.25, 0.3) is 0 Å². The lowest BCUT2D eigenvalue weighted by Crippen LogP contribution is -2.40. The molecule has 0 N–H and O–H groups in total. The van der Waals surface area contributed by atoms with Gasteiger partial charge >= 0.3 is 17.9 Å². The Kier molecular flexibility index (Phi) is 6.92. The van der Waals surface area contributed by atoms with Crippen molar-refractivity contribution >= 4 is 29.1 Å². The molecule has 1 aliphatic rings. The molecule has 184 valence electrons. The standard InChI is InChI=1S/C23H24N4O8/c1-12(28)32-9-17-20(33-13(2)29)21(34-14(3)30)23(35-17)27-11-26-19-18(24-10-25-22(19)27)15-7-5-6-8-16(15)31-4/h5-8,10-11,17,20-21,23H,9H2,1-4H3/t17-,20-,21-,23-/m1/s1. The van der Waals surface area contributed by atoms with Crippen molar-refractivity contribution in [3.8, 4) is 17.0 Å². The average Bonchev–Trinajstić information content (AvgIpc) is 3.38. The Morgan fingerprint density at radius 2 is 1.69 bits per heavy atom. The summed E-state index contributed by atoms with van der Waals surface area (Å²) < 4.78 is 29.1. The van der Waals surface area contributed by atoms with Crippen LogP contribution < -0.4 is 4.74 Å². The predicted molar refractivity (Wildman–Crippen MR) is 119 cm³/mol. The number of para-hydroxylation sites is 1. The van der Waals surface area contributed by atoms with Gasteiger partial charge in [-0.05, 0) is 12.1 Å². The van der Waals surface area contributed by atoms with Crippen LogP contribution >= 0.6 is 0 Å². The minimum Gasteiger partial charge on any atom is -0.496 e. The van der Waals surface area contributed by atoms with Gasteiger partial charge in [0.05, 0.1) is 13.4 Å². The largest absolute Gasteiger partial charge is 0.496 e. The zero-order valence-electron chi connectivity index (χ0n) is 19.5. The van der Waals surface area contributed by atoms with E-state index in [4.69, 9.17) is 23.7 Å². The minimum absolute atomic E-state index is 0.213. The quantitative estimate of drug-likeness (QED) is 0.358. The van der Waals surface area contributed by atoms with Crippen LogP contribution in [0.15, 0.2) is 36.9 Å². The van der Waals surface area contributed by atoms with Crippen molar-refractivity contribution < 1.29 is 38.1 Å². The summed E-state index contributed by atoms with van der Waals surface area (Å²) in [5.41, 5.74) is 2.08. The molecule has 0 spiro atoms. The van der Waals surface area contributed by atoms with E-state index in [9.17, 15) is 14.4 Å². The van der Waals surface area contributed by atoms with E-state index < -0.39 is 42.4 Å². The molecule has 1 fully saturated rings. The average molecular weight is 484 g/mol. The number of hydrogen-bond acceptors (Lipinski definition) is 11. The Bertz CT molecular complexity index is 1260. The van der Waals surface area contributed by atoms with Gasteiger partial charge in [-0.15, -0.1) is 0 Å². The van der Waals surface area contributed by atoms with Crippen LogP contribution in [0.4, 0.5) is 0 Å². The van der Waals surface area contributed by atoms with E-state index in [1.807, 2.05) is 18.2 Å². The van der Waals surface area contributed by atoms with Gasteiger partial charge in [-0.25, -0.2) is 15.0 Å². The molecule has 12 nitrogen and oxygen atoms in total. The summed E-state index contributed by atoms with van der Waals surface area (Å²) in [7, 11) is 1.56. The molecular weight excluding hydrogens is 460 g/mol. The van der Waals surface area contributed by atoms with Crippen LogP contribution in [-0.2, 0) is 33.3 Å². The molecular formula is C23H24N4O8. The zero-order valence-corrected chi connectivity index (χ0v) is 19.5. The summed E-state index contributed by atoms with van der Waals surface area (Å²) in [6.07, 6.45) is -1.12. The summed E-state index contributed by atoms with van der Waals surface area (Å²) in [4.78, 5) is 48.3. The number of benzene rings is 1. The maximum absolute atomic E-state index is 11.9. The third kappa shape index (κ3) is 4.92. The molecule has 0 amide bonds. The first kappa shape index (κ1) is 24.1. The molecule has 35 heavy (non-hydrogen) atoms. The van der Waals surface area contributed by atoms with Crippen LogP contribution in [0.3, 0.4) is 0 Å². The Labute approximate surface area is 200 Å². The minimum atomic E-state index is -1.06. The normalized spacial score (nSPS) is 21.5. The van der Waals surface area contributed by atoms with Crippen molar-refractivity contribution in [3.05, 3.63) is 36.9 Å². The molecule has 3 aromatic rings. The molecule has 4 atom stereocenters. The van der Waals surface area contributed by atoms with Gasteiger partial charge in [-0.3, -0.25) is 19.0 Å². The van der Waals surface area contributed by atoms with E-state index in [-0.39, 0.29) is 6.61 Å². The number of ether oxygens (including phenoxy) is 5. The second-order valence-corrected chi connectivity index (χ2v) is 7.76. The highest BCUT2D eigenvalue weighted by molar-refractivity contribution is 5.89. The Balaban J connectivity index is 1.78. The van der Waals surface area contributed by atoms with Crippen molar-refractivity contribution in [2.24, 2.45) is 0 Å². The van der Waals surface area contributed by atoms with E-state index in [2.05, 4.69) is 15.0 Å². The number of fused-ring (bicyclic) bond motifs is 1. The number of rotatable bonds is 7. The highest BCUT2D eigenvalue weighted by atomic mass is 16.7. The maximum Gasteiger partial charge on any atom is 0.303 e. The summed E-state index contributed by atoms with van der Waals surface area (Å²) >= 11 is 0. The molecule has 2 aromatic heterocycles. The highest BCUT2D eigenvalue weighted by Gasteiger charge is 2.51. The second kappa shape index (κ2) is 10.1. The molecule has 12 heteroatoms. The third-order valence-corrected chi connectivity index (χ3v) is 5.34.